The Labute approximate surface area is 159 Å². The number of piperazine rings is 1. The Morgan fingerprint density at radius 1 is 1.00 bits per heavy atom. The van der Waals surface area contributed by atoms with Crippen LogP contribution in [0.3, 0.4) is 0 Å². The summed E-state index contributed by atoms with van der Waals surface area (Å²) in [5.74, 6) is 0.235. The van der Waals surface area contributed by atoms with E-state index in [2.05, 4.69) is 0 Å². The Bertz CT molecular complexity index is 797. The van der Waals surface area contributed by atoms with Gasteiger partial charge in [0.1, 0.15) is 0 Å². The molecule has 1 aliphatic heterocycles. The molecule has 0 aliphatic carbocycles. The molecule has 1 aromatic heterocycles. The van der Waals surface area contributed by atoms with E-state index in [-0.39, 0.29) is 11.7 Å². The number of amides is 1. The number of benzene rings is 1. The Morgan fingerprint density at radius 2 is 1.73 bits per heavy atom. The molecular weight excluding hydrogens is 368 g/mol. The summed E-state index contributed by atoms with van der Waals surface area (Å²) >= 11 is 1.57. The predicted octanol–water partition coefficient (Wildman–Crippen LogP) is 2.40. The molecule has 0 radical (unpaired) electrons. The summed E-state index contributed by atoms with van der Waals surface area (Å²) in [6.07, 6.45) is 1.78. The highest BCUT2D eigenvalue weighted by molar-refractivity contribution is 7.89. The minimum Gasteiger partial charge on any atom is -0.340 e. The van der Waals surface area contributed by atoms with E-state index < -0.39 is 10.0 Å². The number of rotatable bonds is 7. The van der Waals surface area contributed by atoms with Crippen molar-refractivity contribution in [3.63, 3.8) is 0 Å². The highest BCUT2D eigenvalue weighted by Crippen LogP contribution is 2.14. The molecule has 0 unspecified atom stereocenters. The van der Waals surface area contributed by atoms with Crippen molar-refractivity contribution in [1.82, 2.24) is 9.21 Å². The molecule has 0 saturated carbocycles. The molecule has 0 bridgehead atoms. The molecule has 3 rings (SSSR count). The van der Waals surface area contributed by atoms with Crippen LogP contribution in [0.25, 0.3) is 0 Å². The van der Waals surface area contributed by atoms with Gasteiger partial charge in [-0.05, 0) is 29.9 Å². The van der Waals surface area contributed by atoms with Gasteiger partial charge in [0.15, 0.2) is 0 Å². The van der Waals surface area contributed by atoms with Gasteiger partial charge in [0, 0.05) is 31.1 Å². The first-order chi connectivity index (χ1) is 12.5. The quantitative estimate of drug-likeness (QED) is 0.727. The molecule has 7 heteroatoms. The minimum absolute atomic E-state index is 0.0774. The van der Waals surface area contributed by atoms with Crippen LogP contribution in [0.5, 0.6) is 0 Å². The van der Waals surface area contributed by atoms with Crippen molar-refractivity contribution in [3.8, 4) is 0 Å². The summed E-state index contributed by atoms with van der Waals surface area (Å²) in [5.41, 5.74) is 1.16. The van der Waals surface area contributed by atoms with Gasteiger partial charge in [-0.2, -0.15) is 4.31 Å². The van der Waals surface area contributed by atoms with Crippen LogP contribution in [0.15, 0.2) is 47.8 Å². The Kier molecular flexibility index (Phi) is 6.45. The van der Waals surface area contributed by atoms with Gasteiger partial charge in [-0.1, -0.05) is 36.4 Å². The fourth-order valence-corrected chi connectivity index (χ4v) is 5.31. The van der Waals surface area contributed by atoms with Crippen LogP contribution in [0, 0.1) is 0 Å². The third kappa shape index (κ3) is 5.16. The maximum atomic E-state index is 12.5. The lowest BCUT2D eigenvalue weighted by Crippen LogP contribution is -2.51. The summed E-state index contributed by atoms with van der Waals surface area (Å²) in [4.78, 5) is 15.1. The van der Waals surface area contributed by atoms with Crippen molar-refractivity contribution in [3.05, 3.63) is 58.3 Å². The predicted molar refractivity (Wildman–Crippen MR) is 105 cm³/mol. The second-order valence-corrected chi connectivity index (χ2v) is 9.56. The highest BCUT2D eigenvalue weighted by Gasteiger charge is 2.28. The first-order valence-corrected chi connectivity index (χ1v) is 11.4. The third-order valence-electron chi connectivity index (χ3n) is 4.60. The van der Waals surface area contributed by atoms with E-state index in [0.29, 0.717) is 39.0 Å². The second kappa shape index (κ2) is 8.79. The zero-order valence-electron chi connectivity index (χ0n) is 14.7. The maximum absolute atomic E-state index is 12.5. The molecule has 0 N–H and O–H groups in total. The average Bonchev–Trinajstić information content (AvgIpc) is 3.15. The molecule has 26 heavy (non-hydrogen) atoms. The van der Waals surface area contributed by atoms with Crippen LogP contribution in [0.4, 0.5) is 0 Å². The van der Waals surface area contributed by atoms with E-state index in [1.165, 1.54) is 4.31 Å². The van der Waals surface area contributed by atoms with Crippen molar-refractivity contribution < 1.29 is 13.2 Å². The SMILES string of the molecule is O=C(Cc1cccs1)N1CCN(S(=O)(=O)CCCc2ccccc2)CC1. The fraction of sp³-hybridized carbons (Fsp3) is 0.421. The highest BCUT2D eigenvalue weighted by atomic mass is 32.2. The van der Waals surface area contributed by atoms with Gasteiger partial charge in [0.2, 0.25) is 15.9 Å². The van der Waals surface area contributed by atoms with Crippen molar-refractivity contribution in [2.45, 2.75) is 19.3 Å². The molecule has 1 fully saturated rings. The molecular formula is C19H24N2O3S2. The Hall–Kier alpha value is -1.70. The van der Waals surface area contributed by atoms with Gasteiger partial charge in [-0.15, -0.1) is 11.3 Å². The van der Waals surface area contributed by atoms with Crippen LogP contribution in [0.2, 0.25) is 0 Å². The summed E-state index contributed by atoms with van der Waals surface area (Å²) in [6.45, 7) is 1.73. The average molecular weight is 393 g/mol. The number of nitrogens with zero attached hydrogens (tertiary/aromatic N) is 2. The minimum atomic E-state index is -3.26. The molecule has 140 valence electrons. The van der Waals surface area contributed by atoms with Crippen LogP contribution in [0.1, 0.15) is 16.9 Å². The molecule has 1 aliphatic rings. The summed E-state index contributed by atoms with van der Waals surface area (Å²) in [5, 5.41) is 1.96. The first kappa shape index (κ1) is 19.1. The number of aryl methyl sites for hydroxylation is 1. The summed E-state index contributed by atoms with van der Waals surface area (Å²) in [6, 6.07) is 13.8. The number of hydrogen-bond donors (Lipinski definition) is 0. The van der Waals surface area contributed by atoms with Gasteiger partial charge >= 0.3 is 0 Å². The topological polar surface area (TPSA) is 57.7 Å². The van der Waals surface area contributed by atoms with E-state index in [4.69, 9.17) is 0 Å². The molecule has 0 spiro atoms. The van der Waals surface area contributed by atoms with Crippen LogP contribution >= 0.6 is 11.3 Å². The zero-order chi connectivity index (χ0) is 18.4. The van der Waals surface area contributed by atoms with E-state index in [1.807, 2.05) is 47.8 Å². The third-order valence-corrected chi connectivity index (χ3v) is 7.43. The van der Waals surface area contributed by atoms with E-state index in [1.54, 1.807) is 16.2 Å². The van der Waals surface area contributed by atoms with Crippen LogP contribution in [-0.2, 0) is 27.7 Å². The number of carbonyl (C=O) groups is 1. The molecule has 1 amide bonds. The standard InChI is InChI=1S/C19H24N2O3S2/c22-19(16-18-9-4-14-25-18)20-10-12-21(13-11-20)26(23,24)15-5-8-17-6-2-1-3-7-17/h1-4,6-7,9,14H,5,8,10-13,15-16H2. The smallest absolute Gasteiger partial charge is 0.227 e. The van der Waals surface area contributed by atoms with Crippen LogP contribution in [-0.4, -0.2) is 55.5 Å². The summed E-state index contributed by atoms with van der Waals surface area (Å²) in [7, 11) is -3.26. The largest absolute Gasteiger partial charge is 0.340 e. The molecule has 5 nitrogen and oxygen atoms in total. The molecule has 2 heterocycles. The van der Waals surface area contributed by atoms with Gasteiger partial charge in [-0.3, -0.25) is 4.79 Å². The van der Waals surface area contributed by atoms with Gasteiger partial charge in [0.05, 0.1) is 12.2 Å². The van der Waals surface area contributed by atoms with E-state index in [0.717, 1.165) is 16.9 Å². The molecule has 0 atom stereocenters. The van der Waals surface area contributed by atoms with Gasteiger partial charge in [0.25, 0.3) is 0 Å². The van der Waals surface area contributed by atoms with Crippen molar-refractivity contribution in [2.24, 2.45) is 0 Å². The number of thiophene rings is 1. The van der Waals surface area contributed by atoms with Crippen molar-refractivity contribution >= 4 is 27.3 Å². The Morgan fingerprint density at radius 3 is 2.38 bits per heavy atom. The number of hydrogen-bond acceptors (Lipinski definition) is 4. The van der Waals surface area contributed by atoms with E-state index >= 15 is 0 Å². The lowest BCUT2D eigenvalue weighted by molar-refractivity contribution is -0.131. The lowest BCUT2D eigenvalue weighted by Gasteiger charge is -2.34. The first-order valence-electron chi connectivity index (χ1n) is 8.86. The van der Waals surface area contributed by atoms with Gasteiger partial charge < -0.3 is 4.90 Å². The monoisotopic (exact) mass is 392 g/mol. The number of carbonyl (C=O) groups excluding carboxylic acids is 1. The zero-order valence-corrected chi connectivity index (χ0v) is 16.3. The van der Waals surface area contributed by atoms with Gasteiger partial charge in [-0.25, -0.2) is 8.42 Å². The number of sulfonamides is 1. The molecule has 1 aromatic carbocycles. The van der Waals surface area contributed by atoms with Crippen molar-refractivity contribution in [2.75, 3.05) is 31.9 Å². The van der Waals surface area contributed by atoms with Crippen LogP contribution < -0.4 is 0 Å². The second-order valence-electron chi connectivity index (χ2n) is 6.44. The fourth-order valence-electron chi connectivity index (χ4n) is 3.12. The molecule has 2 aromatic rings. The van der Waals surface area contributed by atoms with Crippen molar-refractivity contribution in [1.29, 1.82) is 0 Å². The Balaban J connectivity index is 1.45. The molecule has 1 saturated heterocycles. The summed E-state index contributed by atoms with van der Waals surface area (Å²) < 4.78 is 26.6. The van der Waals surface area contributed by atoms with E-state index in [9.17, 15) is 13.2 Å². The lowest BCUT2D eigenvalue weighted by atomic mass is 10.1. The maximum Gasteiger partial charge on any atom is 0.227 e. The normalized spacial score (nSPS) is 15.9.